The molecule has 2 N–H and O–H groups in total. The van der Waals surface area contributed by atoms with E-state index in [1.54, 1.807) is 32.1 Å². The van der Waals surface area contributed by atoms with Gasteiger partial charge in [-0.25, -0.2) is 0 Å². The van der Waals surface area contributed by atoms with Gasteiger partial charge in [-0.2, -0.15) is 5.26 Å². The Morgan fingerprint density at radius 3 is 2.41 bits per heavy atom. The number of carbonyl (C=O) groups is 1. The highest BCUT2D eigenvalue weighted by atomic mass is 16.3. The number of aryl methyl sites for hydroxylation is 2. The van der Waals surface area contributed by atoms with Crippen LogP contribution in [0.1, 0.15) is 48.8 Å². The van der Waals surface area contributed by atoms with E-state index in [9.17, 15) is 15.2 Å². The number of phenols is 1. The smallest absolute Gasteiger partial charge is 0.262 e. The zero-order valence-corrected chi connectivity index (χ0v) is 13.1. The maximum absolute atomic E-state index is 12.2. The largest absolute Gasteiger partial charge is 0.507 e. The molecule has 4 heteroatoms. The SMILES string of the molecule is Cc1cc(C=C(C#N)C(=O)NC2CCCCC2)cc(C)c1O. The molecular weight excluding hydrogens is 276 g/mol. The van der Waals surface area contributed by atoms with Gasteiger partial charge >= 0.3 is 0 Å². The van der Waals surface area contributed by atoms with Crippen molar-refractivity contribution in [1.82, 2.24) is 5.32 Å². The summed E-state index contributed by atoms with van der Waals surface area (Å²) in [7, 11) is 0. The van der Waals surface area contributed by atoms with Gasteiger partial charge in [-0.3, -0.25) is 4.79 Å². The molecule has 1 aliphatic carbocycles. The Bertz CT molecular complexity index is 612. The Morgan fingerprint density at radius 1 is 1.27 bits per heavy atom. The van der Waals surface area contributed by atoms with Crippen molar-refractivity contribution in [3.05, 3.63) is 34.4 Å². The van der Waals surface area contributed by atoms with Crippen molar-refractivity contribution in [3.8, 4) is 11.8 Å². The molecule has 0 atom stereocenters. The lowest BCUT2D eigenvalue weighted by Crippen LogP contribution is -2.36. The fourth-order valence-electron chi connectivity index (χ4n) is 2.90. The lowest BCUT2D eigenvalue weighted by Gasteiger charge is -2.22. The van der Waals surface area contributed by atoms with Crippen molar-refractivity contribution in [2.75, 3.05) is 0 Å². The number of nitrogens with zero attached hydrogens (tertiary/aromatic N) is 1. The van der Waals surface area contributed by atoms with Crippen LogP contribution in [0.5, 0.6) is 5.75 Å². The first-order valence-corrected chi connectivity index (χ1v) is 7.74. The first kappa shape index (κ1) is 16.1. The van der Waals surface area contributed by atoms with Crippen molar-refractivity contribution in [2.45, 2.75) is 52.0 Å². The van der Waals surface area contributed by atoms with Crippen LogP contribution in [0.2, 0.25) is 0 Å². The van der Waals surface area contributed by atoms with E-state index in [0.29, 0.717) is 0 Å². The van der Waals surface area contributed by atoms with Crippen molar-refractivity contribution in [1.29, 1.82) is 5.26 Å². The predicted molar refractivity (Wildman–Crippen MR) is 86.2 cm³/mol. The molecule has 0 aliphatic heterocycles. The molecule has 1 saturated carbocycles. The Hall–Kier alpha value is -2.28. The zero-order valence-electron chi connectivity index (χ0n) is 13.1. The van der Waals surface area contributed by atoms with Gasteiger partial charge < -0.3 is 10.4 Å². The number of hydrogen-bond donors (Lipinski definition) is 2. The summed E-state index contributed by atoms with van der Waals surface area (Å²) < 4.78 is 0. The normalized spacial score (nSPS) is 16.1. The number of benzene rings is 1. The molecule has 4 nitrogen and oxygen atoms in total. The molecule has 1 aromatic carbocycles. The summed E-state index contributed by atoms with van der Waals surface area (Å²) in [5.41, 5.74) is 2.32. The third kappa shape index (κ3) is 3.88. The van der Waals surface area contributed by atoms with Gasteiger partial charge in [0.1, 0.15) is 17.4 Å². The molecule has 1 aliphatic rings. The predicted octanol–water partition coefficient (Wildman–Crippen LogP) is 3.36. The molecule has 0 unspecified atom stereocenters. The van der Waals surface area contributed by atoms with Crippen molar-refractivity contribution < 1.29 is 9.90 Å². The number of nitriles is 1. The number of carbonyl (C=O) groups excluding carboxylic acids is 1. The molecule has 1 fully saturated rings. The van der Waals surface area contributed by atoms with Crippen molar-refractivity contribution in [3.63, 3.8) is 0 Å². The van der Waals surface area contributed by atoms with E-state index in [-0.39, 0.29) is 23.3 Å². The molecule has 116 valence electrons. The average molecular weight is 298 g/mol. The summed E-state index contributed by atoms with van der Waals surface area (Å²) in [6.45, 7) is 3.60. The molecule has 0 radical (unpaired) electrons. The van der Waals surface area contributed by atoms with Gasteiger partial charge in [-0.05, 0) is 61.6 Å². The minimum atomic E-state index is -0.308. The van der Waals surface area contributed by atoms with E-state index in [1.807, 2.05) is 6.07 Å². The monoisotopic (exact) mass is 298 g/mol. The molecule has 1 amide bonds. The molecule has 22 heavy (non-hydrogen) atoms. The van der Waals surface area contributed by atoms with Crippen molar-refractivity contribution in [2.24, 2.45) is 0 Å². The molecule has 0 spiro atoms. The first-order chi connectivity index (χ1) is 10.5. The minimum absolute atomic E-state index is 0.107. The van der Waals surface area contributed by atoms with Gasteiger partial charge in [0.2, 0.25) is 0 Å². The molecule has 0 aromatic heterocycles. The van der Waals surface area contributed by atoms with Crippen LogP contribution in [0.25, 0.3) is 6.08 Å². The third-order valence-corrected chi connectivity index (χ3v) is 4.13. The number of hydrogen-bond acceptors (Lipinski definition) is 3. The zero-order chi connectivity index (χ0) is 16.1. The quantitative estimate of drug-likeness (QED) is 0.664. The molecule has 0 saturated heterocycles. The minimum Gasteiger partial charge on any atom is -0.507 e. The molecule has 2 rings (SSSR count). The summed E-state index contributed by atoms with van der Waals surface area (Å²) in [6.07, 6.45) is 7.04. The van der Waals surface area contributed by atoms with Crippen LogP contribution in [0.15, 0.2) is 17.7 Å². The lowest BCUT2D eigenvalue weighted by atomic mass is 9.95. The number of phenolic OH excluding ortho intramolecular Hbond substituents is 1. The number of nitrogens with one attached hydrogen (secondary N) is 1. The van der Waals surface area contributed by atoms with Gasteiger partial charge in [-0.1, -0.05) is 19.3 Å². The second kappa shape index (κ2) is 7.13. The fraction of sp³-hybridized carbons (Fsp3) is 0.444. The van der Waals surface area contributed by atoms with Crippen LogP contribution in [0, 0.1) is 25.2 Å². The summed E-state index contributed by atoms with van der Waals surface area (Å²) in [4.78, 5) is 12.2. The molecular formula is C18H22N2O2. The number of rotatable bonds is 3. The maximum atomic E-state index is 12.2. The molecule has 1 aromatic rings. The molecule has 0 bridgehead atoms. The van der Waals surface area contributed by atoms with Gasteiger partial charge in [0.05, 0.1) is 0 Å². The first-order valence-electron chi connectivity index (χ1n) is 7.74. The van der Waals surface area contributed by atoms with Gasteiger partial charge in [0.25, 0.3) is 5.91 Å². The van der Waals surface area contributed by atoms with Crippen LogP contribution in [-0.4, -0.2) is 17.1 Å². The van der Waals surface area contributed by atoms with E-state index < -0.39 is 0 Å². The van der Waals surface area contributed by atoms with Gasteiger partial charge in [0.15, 0.2) is 0 Å². The van der Waals surface area contributed by atoms with E-state index >= 15 is 0 Å². The van der Waals surface area contributed by atoms with Crippen LogP contribution in [0.3, 0.4) is 0 Å². The van der Waals surface area contributed by atoms with Gasteiger partial charge in [0, 0.05) is 6.04 Å². The lowest BCUT2D eigenvalue weighted by molar-refractivity contribution is -0.117. The van der Waals surface area contributed by atoms with Crippen LogP contribution < -0.4 is 5.32 Å². The van der Waals surface area contributed by atoms with E-state index in [1.165, 1.54) is 6.42 Å². The Morgan fingerprint density at radius 2 is 1.86 bits per heavy atom. The highest BCUT2D eigenvalue weighted by molar-refractivity contribution is 6.01. The highest BCUT2D eigenvalue weighted by Gasteiger charge is 2.18. The summed E-state index contributed by atoms with van der Waals surface area (Å²) in [5, 5.41) is 22.0. The van der Waals surface area contributed by atoms with E-state index in [2.05, 4.69) is 5.32 Å². The summed E-state index contributed by atoms with van der Waals surface area (Å²) in [6, 6.07) is 5.70. The Kier molecular flexibility index (Phi) is 5.21. The maximum Gasteiger partial charge on any atom is 0.262 e. The van der Waals surface area contributed by atoms with E-state index in [0.717, 1.165) is 42.4 Å². The Balaban J connectivity index is 2.16. The summed E-state index contributed by atoms with van der Waals surface area (Å²) >= 11 is 0. The highest BCUT2D eigenvalue weighted by Crippen LogP contribution is 2.24. The fourth-order valence-corrected chi connectivity index (χ4v) is 2.90. The van der Waals surface area contributed by atoms with E-state index in [4.69, 9.17) is 0 Å². The average Bonchev–Trinajstić information content (AvgIpc) is 2.51. The van der Waals surface area contributed by atoms with Gasteiger partial charge in [-0.15, -0.1) is 0 Å². The standard InChI is InChI=1S/C18H22N2O2/c1-12-8-14(9-13(2)17(12)21)10-15(11-19)18(22)20-16-6-4-3-5-7-16/h8-10,16,21H,3-7H2,1-2H3,(H,20,22). The topological polar surface area (TPSA) is 73.1 Å². The van der Waals surface area contributed by atoms with Crippen LogP contribution in [-0.2, 0) is 4.79 Å². The summed E-state index contributed by atoms with van der Waals surface area (Å²) in [5.74, 6) is -0.0555. The number of aromatic hydroxyl groups is 1. The number of amides is 1. The third-order valence-electron chi connectivity index (χ3n) is 4.13. The van der Waals surface area contributed by atoms with Crippen molar-refractivity contribution >= 4 is 12.0 Å². The second-order valence-electron chi connectivity index (χ2n) is 5.98. The Labute approximate surface area is 131 Å². The second-order valence-corrected chi connectivity index (χ2v) is 5.98. The van der Waals surface area contributed by atoms with Crippen LogP contribution in [0.4, 0.5) is 0 Å². The molecule has 0 heterocycles. The van der Waals surface area contributed by atoms with Crippen LogP contribution >= 0.6 is 0 Å².